The first kappa shape index (κ1) is 14.6. The molecule has 5 heteroatoms. The van der Waals surface area contributed by atoms with Crippen LogP contribution in [-0.4, -0.2) is 28.5 Å². The van der Waals surface area contributed by atoms with Crippen LogP contribution in [0.3, 0.4) is 0 Å². The lowest BCUT2D eigenvalue weighted by atomic mass is 10.1. The third-order valence-electron chi connectivity index (χ3n) is 2.26. The van der Waals surface area contributed by atoms with Crippen LogP contribution in [-0.2, 0) is 4.79 Å². The van der Waals surface area contributed by atoms with Gasteiger partial charge in [0.2, 0.25) is 5.91 Å². The number of rotatable bonds is 6. The molecular weight excluding hydrogens is 250 g/mol. The molecule has 0 radical (unpaired) electrons. The van der Waals surface area contributed by atoms with E-state index in [4.69, 9.17) is 5.11 Å². The minimum absolute atomic E-state index is 0.129. The largest absolute Gasteiger partial charge is 0.478 e. The maximum atomic E-state index is 11.6. The van der Waals surface area contributed by atoms with Gasteiger partial charge in [0.25, 0.3) is 0 Å². The molecule has 2 N–H and O–H groups in total. The molecule has 98 valence electrons. The molecule has 0 unspecified atom stereocenters. The van der Waals surface area contributed by atoms with Crippen LogP contribution < -0.4 is 5.32 Å². The Morgan fingerprint density at radius 2 is 2.11 bits per heavy atom. The van der Waals surface area contributed by atoms with Crippen molar-refractivity contribution in [2.45, 2.75) is 20.3 Å². The highest BCUT2D eigenvalue weighted by Crippen LogP contribution is 2.18. The molecular formula is C13H17NO3S. The van der Waals surface area contributed by atoms with Crippen LogP contribution in [0.4, 0.5) is 5.69 Å². The number of thioether (sulfide) groups is 1. The predicted octanol–water partition coefficient (Wildman–Crippen LogP) is 2.77. The van der Waals surface area contributed by atoms with Crippen molar-refractivity contribution in [2.24, 2.45) is 0 Å². The molecule has 0 bridgehead atoms. The summed E-state index contributed by atoms with van der Waals surface area (Å²) in [5, 5.41) is 11.7. The van der Waals surface area contributed by atoms with E-state index in [0.29, 0.717) is 11.4 Å². The molecule has 1 amide bonds. The highest BCUT2D eigenvalue weighted by Gasteiger charge is 2.12. The molecule has 1 aromatic carbocycles. The van der Waals surface area contributed by atoms with Gasteiger partial charge in [-0.2, -0.15) is 11.8 Å². The van der Waals surface area contributed by atoms with Gasteiger partial charge in [0.1, 0.15) is 0 Å². The number of anilines is 1. The Balaban J connectivity index is 2.72. The van der Waals surface area contributed by atoms with E-state index in [9.17, 15) is 9.59 Å². The maximum Gasteiger partial charge on any atom is 0.337 e. The Labute approximate surface area is 111 Å². The Kier molecular flexibility index (Phi) is 5.71. The van der Waals surface area contributed by atoms with Gasteiger partial charge in [-0.1, -0.05) is 18.6 Å². The average molecular weight is 267 g/mol. The molecule has 0 spiro atoms. The van der Waals surface area contributed by atoms with Crippen molar-refractivity contribution in [3.05, 3.63) is 29.3 Å². The van der Waals surface area contributed by atoms with Crippen LogP contribution in [0.2, 0.25) is 0 Å². The molecule has 0 saturated heterocycles. The highest BCUT2D eigenvalue weighted by molar-refractivity contribution is 7.99. The number of carbonyl (C=O) groups is 2. The number of nitrogens with one attached hydrogen (secondary N) is 1. The first-order valence-corrected chi connectivity index (χ1v) is 6.91. The normalized spacial score (nSPS) is 10.1. The number of hydrogen-bond donors (Lipinski definition) is 2. The van der Waals surface area contributed by atoms with Crippen molar-refractivity contribution in [3.63, 3.8) is 0 Å². The van der Waals surface area contributed by atoms with Crippen LogP contribution >= 0.6 is 11.8 Å². The molecule has 1 aromatic rings. The van der Waals surface area contributed by atoms with Gasteiger partial charge in [0.05, 0.1) is 17.0 Å². The van der Waals surface area contributed by atoms with E-state index >= 15 is 0 Å². The van der Waals surface area contributed by atoms with Gasteiger partial charge >= 0.3 is 5.97 Å². The number of benzene rings is 1. The molecule has 0 saturated carbocycles. The van der Waals surface area contributed by atoms with Gasteiger partial charge in [-0.05, 0) is 31.2 Å². The number of aryl methyl sites for hydroxylation is 1. The van der Waals surface area contributed by atoms with Crippen molar-refractivity contribution in [1.29, 1.82) is 0 Å². The second kappa shape index (κ2) is 7.06. The number of amides is 1. The third kappa shape index (κ3) is 4.41. The Morgan fingerprint density at radius 3 is 2.72 bits per heavy atom. The zero-order valence-corrected chi connectivity index (χ0v) is 11.3. The Hall–Kier alpha value is -1.49. The summed E-state index contributed by atoms with van der Waals surface area (Å²) in [5.41, 5.74) is 1.34. The van der Waals surface area contributed by atoms with Crippen LogP contribution in [0.1, 0.15) is 29.3 Å². The molecule has 0 fully saturated rings. The van der Waals surface area contributed by atoms with Crippen molar-refractivity contribution in [1.82, 2.24) is 0 Å². The van der Waals surface area contributed by atoms with Crippen LogP contribution in [0.25, 0.3) is 0 Å². The molecule has 4 nitrogen and oxygen atoms in total. The summed E-state index contributed by atoms with van der Waals surface area (Å²) < 4.78 is 0. The van der Waals surface area contributed by atoms with E-state index in [-0.39, 0.29) is 11.5 Å². The van der Waals surface area contributed by atoms with Gasteiger partial charge in [-0.15, -0.1) is 0 Å². The van der Waals surface area contributed by atoms with Crippen molar-refractivity contribution < 1.29 is 14.7 Å². The lowest BCUT2D eigenvalue weighted by Gasteiger charge is -2.09. The average Bonchev–Trinajstić information content (AvgIpc) is 2.31. The van der Waals surface area contributed by atoms with E-state index in [1.54, 1.807) is 18.2 Å². The number of hydrogen-bond acceptors (Lipinski definition) is 3. The van der Waals surface area contributed by atoms with E-state index in [2.05, 4.69) is 5.32 Å². The summed E-state index contributed by atoms with van der Waals surface area (Å²) >= 11 is 1.54. The van der Waals surface area contributed by atoms with E-state index in [1.807, 2.05) is 13.8 Å². The monoisotopic (exact) mass is 267 g/mol. The molecule has 0 aliphatic carbocycles. The molecule has 0 atom stereocenters. The Morgan fingerprint density at radius 1 is 1.39 bits per heavy atom. The number of carboxylic acid groups (broad SMARTS) is 1. The number of carbonyl (C=O) groups excluding carboxylic acids is 1. The lowest BCUT2D eigenvalue weighted by Crippen LogP contribution is -2.17. The molecule has 0 aromatic heterocycles. The first-order chi connectivity index (χ1) is 8.54. The van der Waals surface area contributed by atoms with Gasteiger partial charge in [-0.3, -0.25) is 4.79 Å². The fraction of sp³-hybridized carbons (Fsp3) is 0.385. The fourth-order valence-electron chi connectivity index (χ4n) is 1.44. The summed E-state index contributed by atoms with van der Waals surface area (Å²) in [6.07, 6.45) is 1.02. The second-order valence-electron chi connectivity index (χ2n) is 3.95. The van der Waals surface area contributed by atoms with Crippen LogP contribution in [0.15, 0.2) is 18.2 Å². The maximum absolute atomic E-state index is 11.6. The second-order valence-corrected chi connectivity index (χ2v) is 5.06. The molecule has 0 aliphatic rings. The van der Waals surface area contributed by atoms with E-state index in [0.717, 1.165) is 17.7 Å². The molecule has 0 aliphatic heterocycles. The topological polar surface area (TPSA) is 66.4 Å². The zero-order chi connectivity index (χ0) is 13.5. The van der Waals surface area contributed by atoms with Gasteiger partial charge < -0.3 is 10.4 Å². The summed E-state index contributed by atoms with van der Waals surface area (Å²) in [4.78, 5) is 22.7. The van der Waals surface area contributed by atoms with Crippen LogP contribution in [0.5, 0.6) is 0 Å². The summed E-state index contributed by atoms with van der Waals surface area (Å²) in [6, 6.07) is 4.96. The van der Waals surface area contributed by atoms with Gasteiger partial charge in [0, 0.05) is 0 Å². The SMILES string of the molecule is CCCSCC(=O)Nc1ccc(C)cc1C(=O)O. The fourth-order valence-corrected chi connectivity index (χ4v) is 2.13. The first-order valence-electron chi connectivity index (χ1n) is 5.76. The lowest BCUT2D eigenvalue weighted by molar-refractivity contribution is -0.113. The standard InChI is InChI=1S/C13H17NO3S/c1-3-6-18-8-12(15)14-11-5-4-9(2)7-10(11)13(16)17/h4-5,7H,3,6,8H2,1-2H3,(H,14,15)(H,16,17). The van der Waals surface area contributed by atoms with Gasteiger partial charge in [0.15, 0.2) is 0 Å². The highest BCUT2D eigenvalue weighted by atomic mass is 32.2. The van der Waals surface area contributed by atoms with Gasteiger partial charge in [-0.25, -0.2) is 4.79 Å². The zero-order valence-electron chi connectivity index (χ0n) is 10.5. The van der Waals surface area contributed by atoms with E-state index < -0.39 is 5.97 Å². The van der Waals surface area contributed by atoms with Crippen molar-refractivity contribution in [2.75, 3.05) is 16.8 Å². The molecule has 18 heavy (non-hydrogen) atoms. The molecule has 1 rings (SSSR count). The summed E-state index contributed by atoms with van der Waals surface area (Å²) in [7, 11) is 0. The number of aromatic carboxylic acids is 1. The third-order valence-corrected chi connectivity index (χ3v) is 3.42. The van der Waals surface area contributed by atoms with E-state index in [1.165, 1.54) is 11.8 Å². The minimum Gasteiger partial charge on any atom is -0.478 e. The summed E-state index contributed by atoms with van der Waals surface area (Å²) in [6.45, 7) is 3.86. The van der Waals surface area contributed by atoms with Crippen molar-refractivity contribution >= 4 is 29.3 Å². The quantitative estimate of drug-likeness (QED) is 0.778. The van der Waals surface area contributed by atoms with Crippen molar-refractivity contribution in [3.8, 4) is 0 Å². The summed E-state index contributed by atoms with van der Waals surface area (Å²) in [5.74, 6) is 0.0726. The minimum atomic E-state index is -1.03. The number of carboxylic acids is 1. The smallest absolute Gasteiger partial charge is 0.337 e. The van der Waals surface area contributed by atoms with Crippen LogP contribution in [0, 0.1) is 6.92 Å². The molecule has 0 heterocycles. The predicted molar refractivity (Wildman–Crippen MR) is 74.4 cm³/mol. The Bertz CT molecular complexity index is 446.